The van der Waals surface area contributed by atoms with Gasteiger partial charge in [0.05, 0.1) is 5.39 Å². The Morgan fingerprint density at radius 1 is 1.45 bits per heavy atom. The molecule has 20 heavy (non-hydrogen) atoms. The SMILES string of the molecule is Cc1c(C(=O)O)sc2ncnc(-n3cnc(C#N)n3)c12. The number of nitriles is 1. The molecule has 3 aromatic heterocycles. The summed E-state index contributed by atoms with van der Waals surface area (Å²) in [7, 11) is 0. The second kappa shape index (κ2) is 4.36. The predicted molar refractivity (Wildman–Crippen MR) is 68.7 cm³/mol. The molecule has 0 saturated carbocycles. The van der Waals surface area contributed by atoms with Gasteiger partial charge in [-0.2, -0.15) is 5.26 Å². The predicted octanol–water partition coefficient (Wildman–Crippen LogP) is 1.15. The molecule has 0 saturated heterocycles. The van der Waals surface area contributed by atoms with E-state index in [1.54, 1.807) is 6.92 Å². The van der Waals surface area contributed by atoms with Crippen LogP contribution in [-0.4, -0.2) is 35.8 Å². The molecule has 3 heterocycles. The fourth-order valence-electron chi connectivity index (χ4n) is 1.85. The Morgan fingerprint density at radius 2 is 2.25 bits per heavy atom. The molecule has 3 rings (SSSR count). The number of carboxylic acid groups (broad SMARTS) is 1. The third-order valence-electron chi connectivity index (χ3n) is 2.71. The zero-order chi connectivity index (χ0) is 14.3. The molecule has 0 bridgehead atoms. The molecule has 0 aromatic carbocycles. The Hall–Kier alpha value is -2.86. The van der Waals surface area contributed by atoms with Gasteiger partial charge in [-0.25, -0.2) is 24.4 Å². The fraction of sp³-hybridized carbons (Fsp3) is 0.0909. The second-order valence-electron chi connectivity index (χ2n) is 3.86. The molecule has 98 valence electrons. The standard InChI is InChI=1S/C11H6N6O2S/c1-5-7-9(17-4-15-6(2-12)16-17)13-3-14-10(7)20-8(5)11(18)19/h3-4H,1H3,(H,18,19). The molecule has 1 N–H and O–H groups in total. The highest BCUT2D eigenvalue weighted by molar-refractivity contribution is 7.20. The van der Waals surface area contributed by atoms with Crippen LogP contribution in [0.3, 0.4) is 0 Å². The third-order valence-corrected chi connectivity index (χ3v) is 3.90. The molecular weight excluding hydrogens is 280 g/mol. The molecule has 0 radical (unpaired) electrons. The van der Waals surface area contributed by atoms with Gasteiger partial charge in [0, 0.05) is 0 Å². The van der Waals surface area contributed by atoms with Gasteiger partial charge >= 0.3 is 5.97 Å². The Kier molecular flexibility index (Phi) is 2.66. The largest absolute Gasteiger partial charge is 0.477 e. The van der Waals surface area contributed by atoms with Gasteiger partial charge in [0.2, 0.25) is 0 Å². The van der Waals surface area contributed by atoms with E-state index < -0.39 is 5.97 Å². The first kappa shape index (κ1) is 12.2. The van der Waals surface area contributed by atoms with Gasteiger partial charge < -0.3 is 5.11 Å². The lowest BCUT2D eigenvalue weighted by atomic mass is 10.2. The summed E-state index contributed by atoms with van der Waals surface area (Å²) in [6.07, 6.45) is 2.69. The second-order valence-corrected chi connectivity index (χ2v) is 4.86. The highest BCUT2D eigenvalue weighted by Gasteiger charge is 2.19. The zero-order valence-corrected chi connectivity index (χ0v) is 10.9. The van der Waals surface area contributed by atoms with E-state index in [0.29, 0.717) is 21.6 Å². The monoisotopic (exact) mass is 286 g/mol. The minimum Gasteiger partial charge on any atom is -0.477 e. The summed E-state index contributed by atoms with van der Waals surface area (Å²) in [5.41, 5.74) is 0.571. The van der Waals surface area contributed by atoms with E-state index in [9.17, 15) is 4.79 Å². The van der Waals surface area contributed by atoms with Gasteiger partial charge in [-0.05, 0) is 12.5 Å². The summed E-state index contributed by atoms with van der Waals surface area (Å²) in [4.78, 5) is 23.9. The average molecular weight is 286 g/mol. The lowest BCUT2D eigenvalue weighted by Gasteiger charge is -2.01. The maximum Gasteiger partial charge on any atom is 0.346 e. The summed E-state index contributed by atoms with van der Waals surface area (Å²) in [5.74, 6) is -0.582. The van der Waals surface area contributed by atoms with Crippen molar-refractivity contribution in [3.8, 4) is 11.9 Å². The van der Waals surface area contributed by atoms with Crippen LogP contribution in [-0.2, 0) is 0 Å². The summed E-state index contributed by atoms with van der Waals surface area (Å²) in [6, 6.07) is 1.83. The Balaban J connectivity index is 2.31. The number of hydrogen-bond acceptors (Lipinski definition) is 7. The van der Waals surface area contributed by atoms with Crippen LogP contribution in [0.5, 0.6) is 0 Å². The molecule has 0 atom stereocenters. The van der Waals surface area contributed by atoms with Crippen molar-refractivity contribution in [1.29, 1.82) is 5.26 Å². The van der Waals surface area contributed by atoms with Crippen LogP contribution < -0.4 is 0 Å². The van der Waals surface area contributed by atoms with E-state index >= 15 is 0 Å². The normalized spacial score (nSPS) is 10.6. The van der Waals surface area contributed by atoms with Crippen LogP contribution in [0.4, 0.5) is 0 Å². The molecule has 0 fully saturated rings. The number of hydrogen-bond donors (Lipinski definition) is 1. The topological polar surface area (TPSA) is 118 Å². The fourth-order valence-corrected chi connectivity index (χ4v) is 2.83. The van der Waals surface area contributed by atoms with Crippen LogP contribution in [0.1, 0.15) is 21.1 Å². The van der Waals surface area contributed by atoms with Crippen LogP contribution in [0, 0.1) is 18.3 Å². The van der Waals surface area contributed by atoms with Crippen LogP contribution in [0.25, 0.3) is 16.0 Å². The van der Waals surface area contributed by atoms with Gasteiger partial charge in [0.1, 0.15) is 28.4 Å². The zero-order valence-electron chi connectivity index (χ0n) is 10.1. The highest BCUT2D eigenvalue weighted by Crippen LogP contribution is 2.32. The number of aryl methyl sites for hydroxylation is 1. The molecular formula is C11H6N6O2S. The summed E-state index contributed by atoms with van der Waals surface area (Å²) >= 11 is 1.08. The van der Waals surface area contributed by atoms with Crippen molar-refractivity contribution in [3.05, 3.63) is 28.9 Å². The number of carbonyl (C=O) groups is 1. The maximum atomic E-state index is 11.2. The first-order valence-electron chi connectivity index (χ1n) is 5.41. The number of carboxylic acids is 1. The molecule has 9 heteroatoms. The molecule has 0 aliphatic carbocycles. The maximum absolute atomic E-state index is 11.2. The number of nitrogens with zero attached hydrogens (tertiary/aromatic N) is 6. The number of rotatable bonds is 2. The van der Waals surface area contributed by atoms with Gasteiger partial charge in [-0.1, -0.05) is 0 Å². The molecule has 0 spiro atoms. The summed E-state index contributed by atoms with van der Waals surface area (Å²) < 4.78 is 1.34. The van der Waals surface area contributed by atoms with Crippen molar-refractivity contribution in [3.63, 3.8) is 0 Å². The molecule has 3 aromatic rings. The van der Waals surface area contributed by atoms with Gasteiger partial charge in [-0.3, -0.25) is 0 Å². The van der Waals surface area contributed by atoms with E-state index in [1.807, 2.05) is 6.07 Å². The van der Waals surface area contributed by atoms with Crippen LogP contribution in [0.2, 0.25) is 0 Å². The van der Waals surface area contributed by atoms with Crippen LogP contribution in [0.15, 0.2) is 12.7 Å². The van der Waals surface area contributed by atoms with E-state index in [4.69, 9.17) is 10.4 Å². The van der Waals surface area contributed by atoms with Crippen molar-refractivity contribution >= 4 is 27.5 Å². The van der Waals surface area contributed by atoms with E-state index in [2.05, 4.69) is 20.1 Å². The average Bonchev–Trinajstić information content (AvgIpc) is 3.03. The first-order valence-corrected chi connectivity index (χ1v) is 6.23. The van der Waals surface area contributed by atoms with Gasteiger partial charge in [0.25, 0.3) is 5.82 Å². The Morgan fingerprint density at radius 3 is 2.90 bits per heavy atom. The smallest absolute Gasteiger partial charge is 0.346 e. The third kappa shape index (κ3) is 1.70. The summed E-state index contributed by atoms with van der Waals surface area (Å²) in [6.45, 7) is 1.69. The minimum absolute atomic E-state index is 0.0168. The van der Waals surface area contributed by atoms with Crippen molar-refractivity contribution < 1.29 is 9.90 Å². The van der Waals surface area contributed by atoms with Crippen molar-refractivity contribution in [2.75, 3.05) is 0 Å². The number of fused-ring (bicyclic) bond motifs is 1. The first-order chi connectivity index (χ1) is 9.61. The lowest BCUT2D eigenvalue weighted by Crippen LogP contribution is -2.01. The summed E-state index contributed by atoms with van der Waals surface area (Å²) in [5, 5.41) is 22.5. The number of thiophene rings is 1. The van der Waals surface area contributed by atoms with Crippen molar-refractivity contribution in [2.24, 2.45) is 0 Å². The number of aromatic carboxylic acids is 1. The molecule has 0 aliphatic rings. The van der Waals surface area contributed by atoms with Crippen molar-refractivity contribution in [2.45, 2.75) is 6.92 Å². The Bertz CT molecular complexity index is 875. The van der Waals surface area contributed by atoms with Gasteiger partial charge in [-0.15, -0.1) is 16.4 Å². The quantitative estimate of drug-likeness (QED) is 0.750. The van der Waals surface area contributed by atoms with Crippen LogP contribution >= 0.6 is 11.3 Å². The van der Waals surface area contributed by atoms with Crippen molar-refractivity contribution in [1.82, 2.24) is 24.7 Å². The van der Waals surface area contributed by atoms with Gasteiger partial charge in [0.15, 0.2) is 5.82 Å². The van der Waals surface area contributed by atoms with E-state index in [0.717, 1.165) is 11.3 Å². The Labute approximate surface area is 116 Å². The van der Waals surface area contributed by atoms with E-state index in [-0.39, 0.29) is 10.7 Å². The minimum atomic E-state index is -1.01. The number of aromatic nitrogens is 5. The molecule has 0 amide bonds. The lowest BCUT2D eigenvalue weighted by molar-refractivity contribution is 0.0701. The van der Waals surface area contributed by atoms with E-state index in [1.165, 1.54) is 17.3 Å². The molecule has 8 nitrogen and oxygen atoms in total. The molecule has 0 unspecified atom stereocenters. The molecule has 0 aliphatic heterocycles. The highest BCUT2D eigenvalue weighted by atomic mass is 32.1.